The summed E-state index contributed by atoms with van der Waals surface area (Å²) in [5.74, 6) is 0.314. The predicted molar refractivity (Wildman–Crippen MR) is 89.2 cm³/mol. The molecule has 4 nitrogen and oxygen atoms in total. The summed E-state index contributed by atoms with van der Waals surface area (Å²) in [6.45, 7) is 0. The zero-order chi connectivity index (χ0) is 16.1. The van der Waals surface area contributed by atoms with Crippen molar-refractivity contribution in [3.8, 4) is 5.75 Å². The summed E-state index contributed by atoms with van der Waals surface area (Å²) in [6, 6.07) is 8.45. The van der Waals surface area contributed by atoms with Gasteiger partial charge in [-0.05, 0) is 49.4 Å². The quantitative estimate of drug-likeness (QED) is 0.779. The average molecular weight is 324 g/mol. The molecule has 0 spiro atoms. The van der Waals surface area contributed by atoms with Crippen molar-refractivity contribution in [3.05, 3.63) is 29.8 Å². The van der Waals surface area contributed by atoms with Crippen molar-refractivity contribution < 1.29 is 18.7 Å². The number of phenols is 1. The minimum Gasteiger partial charge on any atom is -0.508 e. The van der Waals surface area contributed by atoms with Crippen LogP contribution in [0.4, 0.5) is 0 Å². The molecule has 22 heavy (non-hydrogen) atoms. The van der Waals surface area contributed by atoms with E-state index in [2.05, 4.69) is 0 Å². The lowest BCUT2D eigenvalue weighted by molar-refractivity contribution is -0.0156. The summed E-state index contributed by atoms with van der Waals surface area (Å²) in [4.78, 5) is 0. The van der Waals surface area contributed by atoms with Crippen LogP contribution in [0.15, 0.2) is 24.3 Å². The van der Waals surface area contributed by atoms with Gasteiger partial charge in [-0.25, -0.2) is 0 Å². The fraction of sp³-hybridized carbons (Fsp3) is 0.647. The van der Waals surface area contributed by atoms with Crippen molar-refractivity contribution in [2.75, 3.05) is 21.3 Å². The van der Waals surface area contributed by atoms with Gasteiger partial charge in [-0.1, -0.05) is 25.0 Å². The first-order chi connectivity index (χ1) is 10.6. The highest BCUT2D eigenvalue weighted by atomic mass is 28.4. The number of hydrogen-bond acceptors (Lipinski definition) is 4. The van der Waals surface area contributed by atoms with Gasteiger partial charge >= 0.3 is 8.56 Å². The highest BCUT2D eigenvalue weighted by Gasteiger charge is 2.58. The number of benzene rings is 1. The first-order valence-electron chi connectivity index (χ1n) is 8.05. The lowest BCUT2D eigenvalue weighted by Crippen LogP contribution is -2.64. The maximum Gasteiger partial charge on any atom is 0.370 e. The SMILES string of the molecule is COC1(CCCc2ccc(O)cc2)CCCC[Si]1(OC)OC. The van der Waals surface area contributed by atoms with Crippen LogP contribution in [0, 0.1) is 0 Å². The van der Waals surface area contributed by atoms with E-state index in [1.54, 1.807) is 33.5 Å². The molecule has 1 saturated heterocycles. The Hall–Kier alpha value is -0.883. The molecule has 124 valence electrons. The number of rotatable bonds is 7. The highest BCUT2D eigenvalue weighted by Crippen LogP contribution is 2.42. The number of aromatic hydroxyl groups is 1. The average Bonchev–Trinajstić information content (AvgIpc) is 2.57. The number of methoxy groups -OCH3 is 1. The van der Waals surface area contributed by atoms with Gasteiger partial charge in [-0.15, -0.1) is 0 Å². The minimum absolute atomic E-state index is 0.244. The third kappa shape index (κ3) is 3.38. The minimum atomic E-state index is -2.32. The van der Waals surface area contributed by atoms with E-state index in [4.69, 9.17) is 13.6 Å². The first kappa shape index (κ1) is 17.5. The summed E-state index contributed by atoms with van der Waals surface area (Å²) in [6.07, 6.45) is 6.32. The van der Waals surface area contributed by atoms with E-state index in [0.717, 1.165) is 38.1 Å². The summed E-state index contributed by atoms with van der Waals surface area (Å²) in [7, 11) is 3.02. The fourth-order valence-corrected chi connectivity index (χ4v) is 7.68. The van der Waals surface area contributed by atoms with Crippen molar-refractivity contribution in [3.63, 3.8) is 0 Å². The van der Waals surface area contributed by atoms with Crippen LogP contribution in [-0.2, 0) is 20.0 Å². The van der Waals surface area contributed by atoms with Gasteiger partial charge in [-0.3, -0.25) is 0 Å². The van der Waals surface area contributed by atoms with Crippen LogP contribution in [0.2, 0.25) is 6.04 Å². The van der Waals surface area contributed by atoms with Crippen LogP contribution in [0.3, 0.4) is 0 Å². The Labute approximate surface area is 134 Å². The first-order valence-corrected chi connectivity index (χ1v) is 10.1. The molecule has 1 heterocycles. The maximum absolute atomic E-state index is 9.35. The molecule has 0 aliphatic carbocycles. The van der Waals surface area contributed by atoms with Crippen molar-refractivity contribution >= 4 is 8.56 Å². The second-order valence-corrected chi connectivity index (χ2v) is 9.82. The molecule has 1 aliphatic heterocycles. The maximum atomic E-state index is 9.35. The van der Waals surface area contributed by atoms with Crippen LogP contribution in [0.25, 0.3) is 0 Å². The Kier molecular flexibility index (Phi) is 6.03. The van der Waals surface area contributed by atoms with E-state index >= 15 is 0 Å². The third-order valence-corrected chi connectivity index (χ3v) is 9.49. The fourth-order valence-electron chi connectivity index (χ4n) is 3.76. The molecule has 0 saturated carbocycles. The Bertz CT molecular complexity index is 458. The van der Waals surface area contributed by atoms with Gasteiger partial charge in [0, 0.05) is 21.3 Å². The zero-order valence-corrected chi connectivity index (χ0v) is 14.9. The van der Waals surface area contributed by atoms with E-state index in [9.17, 15) is 5.11 Å². The molecule has 5 heteroatoms. The van der Waals surface area contributed by atoms with Gasteiger partial charge in [0.2, 0.25) is 0 Å². The smallest absolute Gasteiger partial charge is 0.370 e. The molecule has 1 atom stereocenters. The molecule has 0 amide bonds. The highest BCUT2D eigenvalue weighted by molar-refractivity contribution is 6.70. The predicted octanol–water partition coefficient (Wildman–Crippen LogP) is 3.56. The normalized spacial score (nSPS) is 24.3. The van der Waals surface area contributed by atoms with Gasteiger partial charge < -0.3 is 18.7 Å². The third-order valence-electron chi connectivity index (χ3n) is 5.06. The monoisotopic (exact) mass is 324 g/mol. The molecule has 1 N–H and O–H groups in total. The summed E-state index contributed by atoms with van der Waals surface area (Å²) >= 11 is 0. The summed E-state index contributed by atoms with van der Waals surface area (Å²) < 4.78 is 17.8. The van der Waals surface area contributed by atoms with Gasteiger partial charge in [0.05, 0.1) is 0 Å². The van der Waals surface area contributed by atoms with Gasteiger partial charge in [0.1, 0.15) is 11.0 Å². The summed E-state index contributed by atoms with van der Waals surface area (Å²) in [5.41, 5.74) is 1.24. The van der Waals surface area contributed by atoms with Crippen molar-refractivity contribution in [1.82, 2.24) is 0 Å². The number of phenolic OH excluding ortho intramolecular Hbond substituents is 1. The van der Waals surface area contributed by atoms with E-state index < -0.39 is 8.56 Å². The van der Waals surface area contributed by atoms with Crippen molar-refractivity contribution in [1.29, 1.82) is 0 Å². The second kappa shape index (κ2) is 7.59. The van der Waals surface area contributed by atoms with Gasteiger partial charge in [-0.2, -0.15) is 0 Å². The molecule has 0 bridgehead atoms. The Morgan fingerprint density at radius 1 is 1.09 bits per heavy atom. The molecule has 1 aromatic carbocycles. The molecule has 0 aromatic heterocycles. The van der Waals surface area contributed by atoms with Crippen LogP contribution < -0.4 is 0 Å². The molecule has 1 aliphatic rings. The second-order valence-electron chi connectivity index (χ2n) is 6.09. The Balaban J connectivity index is 2.04. The van der Waals surface area contributed by atoms with Crippen molar-refractivity contribution in [2.24, 2.45) is 0 Å². The van der Waals surface area contributed by atoms with Crippen molar-refractivity contribution in [2.45, 2.75) is 49.8 Å². The van der Waals surface area contributed by atoms with E-state index in [-0.39, 0.29) is 5.22 Å². The number of aryl methyl sites for hydroxylation is 1. The molecule has 1 fully saturated rings. The van der Waals surface area contributed by atoms with Crippen LogP contribution in [0.5, 0.6) is 5.75 Å². The number of hydrogen-bond donors (Lipinski definition) is 1. The topological polar surface area (TPSA) is 47.9 Å². The molecule has 0 radical (unpaired) electrons. The largest absolute Gasteiger partial charge is 0.508 e. The van der Waals surface area contributed by atoms with Crippen LogP contribution in [-0.4, -0.2) is 40.2 Å². The van der Waals surface area contributed by atoms with Gasteiger partial charge in [0.25, 0.3) is 0 Å². The lowest BCUT2D eigenvalue weighted by atomic mass is 10.0. The molecule has 1 unspecified atom stereocenters. The number of ether oxygens (including phenoxy) is 1. The van der Waals surface area contributed by atoms with E-state index in [1.165, 1.54) is 12.0 Å². The molecule has 1 aromatic rings. The Morgan fingerprint density at radius 2 is 1.77 bits per heavy atom. The van der Waals surface area contributed by atoms with E-state index in [0.29, 0.717) is 5.75 Å². The standard InChI is InChI=1S/C17H28O4Si/c1-19-17(12-4-5-14-22(17,20-2)21-3)13-6-7-15-8-10-16(18)11-9-15/h8-11,18H,4-7,12-14H2,1-3H3. The lowest BCUT2D eigenvalue weighted by Gasteiger charge is -2.48. The van der Waals surface area contributed by atoms with Gasteiger partial charge in [0.15, 0.2) is 0 Å². The molecular formula is C17H28O4Si. The zero-order valence-electron chi connectivity index (χ0n) is 13.9. The van der Waals surface area contributed by atoms with E-state index in [1.807, 2.05) is 12.1 Å². The summed E-state index contributed by atoms with van der Waals surface area (Å²) in [5, 5.41) is 9.11. The molecular weight excluding hydrogens is 296 g/mol. The Morgan fingerprint density at radius 3 is 2.36 bits per heavy atom. The molecule has 2 rings (SSSR count). The van der Waals surface area contributed by atoms with Crippen LogP contribution in [0.1, 0.15) is 37.7 Å². The van der Waals surface area contributed by atoms with Crippen LogP contribution >= 0.6 is 0 Å².